The van der Waals surface area contributed by atoms with Gasteiger partial charge in [0.05, 0.1) is 5.60 Å². The lowest BCUT2D eigenvalue weighted by molar-refractivity contribution is -0.00952. The Morgan fingerprint density at radius 1 is 1.54 bits per heavy atom. The Balaban J connectivity index is 2.46. The van der Waals surface area contributed by atoms with Crippen molar-refractivity contribution in [3.63, 3.8) is 0 Å². The van der Waals surface area contributed by atoms with Crippen LogP contribution in [0.1, 0.15) is 27.2 Å². The number of likely N-dealkylation sites (tertiary alicyclic amines) is 1. The standard InChI is InChI=1S/C10H22N2O/c1-8-9(11)5-6-12(8)7-10(2,3)13-4/h8-9H,5-7,11H2,1-4H3. The van der Waals surface area contributed by atoms with Gasteiger partial charge >= 0.3 is 0 Å². The molecule has 1 rings (SSSR count). The normalized spacial score (nSPS) is 31.2. The first-order chi connectivity index (χ1) is 5.96. The van der Waals surface area contributed by atoms with Gasteiger partial charge in [0, 0.05) is 32.3 Å². The third kappa shape index (κ3) is 2.66. The highest BCUT2D eigenvalue weighted by molar-refractivity contribution is 4.89. The van der Waals surface area contributed by atoms with Crippen molar-refractivity contribution < 1.29 is 4.74 Å². The Morgan fingerprint density at radius 2 is 2.15 bits per heavy atom. The summed E-state index contributed by atoms with van der Waals surface area (Å²) in [5.74, 6) is 0. The molecule has 2 N–H and O–H groups in total. The zero-order valence-electron chi connectivity index (χ0n) is 9.21. The van der Waals surface area contributed by atoms with Gasteiger partial charge in [0.2, 0.25) is 0 Å². The molecule has 0 aliphatic carbocycles. The molecular weight excluding hydrogens is 164 g/mol. The summed E-state index contributed by atoms with van der Waals surface area (Å²) in [6.45, 7) is 8.50. The van der Waals surface area contributed by atoms with Crippen molar-refractivity contribution in [3.05, 3.63) is 0 Å². The summed E-state index contributed by atoms with van der Waals surface area (Å²) in [6.07, 6.45) is 1.11. The summed E-state index contributed by atoms with van der Waals surface area (Å²) in [4.78, 5) is 2.41. The van der Waals surface area contributed by atoms with E-state index >= 15 is 0 Å². The number of nitrogens with two attached hydrogens (primary N) is 1. The van der Waals surface area contributed by atoms with E-state index in [2.05, 4.69) is 25.7 Å². The Bertz CT molecular complexity index is 170. The average Bonchev–Trinajstić information content (AvgIpc) is 2.36. The second-order valence-corrected chi connectivity index (χ2v) is 4.63. The maximum atomic E-state index is 5.95. The second-order valence-electron chi connectivity index (χ2n) is 4.63. The topological polar surface area (TPSA) is 38.5 Å². The lowest BCUT2D eigenvalue weighted by Gasteiger charge is -2.32. The zero-order valence-corrected chi connectivity index (χ0v) is 9.21. The molecule has 2 unspecified atom stereocenters. The SMILES string of the molecule is COC(C)(C)CN1CCC(N)C1C. The fourth-order valence-electron chi connectivity index (χ4n) is 1.81. The van der Waals surface area contributed by atoms with Gasteiger partial charge in [-0.15, -0.1) is 0 Å². The number of nitrogens with zero attached hydrogens (tertiary/aromatic N) is 1. The molecule has 0 spiro atoms. The van der Waals surface area contributed by atoms with Gasteiger partial charge in [-0.1, -0.05) is 0 Å². The molecule has 0 saturated carbocycles. The summed E-state index contributed by atoms with van der Waals surface area (Å²) in [5.41, 5.74) is 5.89. The number of hydrogen-bond donors (Lipinski definition) is 1. The van der Waals surface area contributed by atoms with Gasteiger partial charge < -0.3 is 10.5 Å². The van der Waals surface area contributed by atoms with Crippen LogP contribution in [0.25, 0.3) is 0 Å². The van der Waals surface area contributed by atoms with Gasteiger partial charge in [-0.05, 0) is 27.2 Å². The number of ether oxygens (including phenoxy) is 1. The highest BCUT2D eigenvalue weighted by Crippen LogP contribution is 2.20. The molecule has 1 fully saturated rings. The van der Waals surface area contributed by atoms with E-state index < -0.39 is 0 Å². The van der Waals surface area contributed by atoms with Crippen LogP contribution < -0.4 is 5.73 Å². The summed E-state index contributed by atoms with van der Waals surface area (Å²) in [6, 6.07) is 0.835. The van der Waals surface area contributed by atoms with Gasteiger partial charge in [0.25, 0.3) is 0 Å². The van der Waals surface area contributed by atoms with E-state index in [0.717, 1.165) is 19.5 Å². The van der Waals surface area contributed by atoms with Crippen molar-refractivity contribution in [3.8, 4) is 0 Å². The molecule has 3 heteroatoms. The van der Waals surface area contributed by atoms with Crippen LogP contribution >= 0.6 is 0 Å². The molecule has 0 aromatic heterocycles. The van der Waals surface area contributed by atoms with Crippen LogP contribution in [0.15, 0.2) is 0 Å². The van der Waals surface area contributed by atoms with Crippen molar-refractivity contribution in [2.75, 3.05) is 20.2 Å². The van der Waals surface area contributed by atoms with Crippen LogP contribution in [0.2, 0.25) is 0 Å². The van der Waals surface area contributed by atoms with Gasteiger partial charge in [0.1, 0.15) is 0 Å². The number of methoxy groups -OCH3 is 1. The first kappa shape index (κ1) is 11.0. The quantitative estimate of drug-likeness (QED) is 0.709. The number of rotatable bonds is 3. The first-order valence-corrected chi connectivity index (χ1v) is 5.01. The molecule has 2 atom stereocenters. The summed E-state index contributed by atoms with van der Waals surface area (Å²) in [7, 11) is 1.76. The monoisotopic (exact) mass is 186 g/mol. The molecule has 1 aliphatic heterocycles. The van der Waals surface area contributed by atoms with Crippen molar-refractivity contribution in [1.29, 1.82) is 0 Å². The predicted octanol–water partition coefficient (Wildman–Crippen LogP) is 0.833. The molecule has 0 aromatic carbocycles. The average molecular weight is 186 g/mol. The third-order valence-electron chi connectivity index (χ3n) is 3.08. The molecule has 0 bridgehead atoms. The predicted molar refractivity (Wildman–Crippen MR) is 54.7 cm³/mol. The van der Waals surface area contributed by atoms with Crippen LogP contribution in [0.3, 0.4) is 0 Å². The summed E-state index contributed by atoms with van der Waals surface area (Å²) >= 11 is 0. The van der Waals surface area contributed by atoms with E-state index in [1.807, 2.05) is 0 Å². The summed E-state index contributed by atoms with van der Waals surface area (Å²) in [5, 5.41) is 0. The molecule has 0 radical (unpaired) electrons. The lowest BCUT2D eigenvalue weighted by atomic mass is 10.1. The smallest absolute Gasteiger partial charge is 0.0749 e. The summed E-state index contributed by atoms with van der Waals surface area (Å²) < 4.78 is 5.40. The fraction of sp³-hybridized carbons (Fsp3) is 1.00. The molecule has 13 heavy (non-hydrogen) atoms. The van der Waals surface area contributed by atoms with Crippen molar-refractivity contribution in [1.82, 2.24) is 4.90 Å². The van der Waals surface area contributed by atoms with E-state index in [0.29, 0.717) is 12.1 Å². The molecule has 1 saturated heterocycles. The van der Waals surface area contributed by atoms with Crippen LogP contribution in [0.4, 0.5) is 0 Å². The molecule has 3 nitrogen and oxygen atoms in total. The maximum absolute atomic E-state index is 5.95. The molecular formula is C10H22N2O. The van der Waals surface area contributed by atoms with Crippen LogP contribution in [0, 0.1) is 0 Å². The van der Waals surface area contributed by atoms with Crippen LogP contribution in [-0.4, -0.2) is 42.8 Å². The molecule has 0 amide bonds. The second kappa shape index (κ2) is 3.95. The minimum Gasteiger partial charge on any atom is -0.377 e. The van der Waals surface area contributed by atoms with Gasteiger partial charge in [0.15, 0.2) is 0 Å². The van der Waals surface area contributed by atoms with E-state index in [1.165, 1.54) is 0 Å². The first-order valence-electron chi connectivity index (χ1n) is 5.01. The van der Waals surface area contributed by atoms with Gasteiger partial charge in [-0.2, -0.15) is 0 Å². The largest absolute Gasteiger partial charge is 0.377 e. The Labute approximate surface area is 81.2 Å². The third-order valence-corrected chi connectivity index (χ3v) is 3.08. The molecule has 1 aliphatic rings. The lowest BCUT2D eigenvalue weighted by Crippen LogP contribution is -2.44. The van der Waals surface area contributed by atoms with Gasteiger partial charge in [-0.25, -0.2) is 0 Å². The molecule has 1 heterocycles. The molecule has 78 valence electrons. The minimum atomic E-state index is -0.0572. The van der Waals surface area contributed by atoms with E-state index in [-0.39, 0.29) is 5.60 Å². The Morgan fingerprint density at radius 3 is 2.54 bits per heavy atom. The van der Waals surface area contributed by atoms with E-state index in [9.17, 15) is 0 Å². The zero-order chi connectivity index (χ0) is 10.1. The van der Waals surface area contributed by atoms with E-state index in [1.54, 1.807) is 7.11 Å². The van der Waals surface area contributed by atoms with E-state index in [4.69, 9.17) is 10.5 Å². The minimum absolute atomic E-state index is 0.0572. The molecule has 0 aromatic rings. The Hall–Kier alpha value is -0.120. The van der Waals surface area contributed by atoms with Crippen molar-refractivity contribution in [2.45, 2.75) is 44.9 Å². The maximum Gasteiger partial charge on any atom is 0.0749 e. The van der Waals surface area contributed by atoms with Gasteiger partial charge in [-0.3, -0.25) is 4.90 Å². The van der Waals surface area contributed by atoms with Crippen molar-refractivity contribution >= 4 is 0 Å². The highest BCUT2D eigenvalue weighted by Gasteiger charge is 2.31. The fourth-order valence-corrected chi connectivity index (χ4v) is 1.81. The Kier molecular flexibility index (Phi) is 3.33. The van der Waals surface area contributed by atoms with Crippen LogP contribution in [0.5, 0.6) is 0 Å². The highest BCUT2D eigenvalue weighted by atomic mass is 16.5. The number of hydrogen-bond acceptors (Lipinski definition) is 3. The van der Waals surface area contributed by atoms with Crippen LogP contribution in [-0.2, 0) is 4.74 Å². The van der Waals surface area contributed by atoms with Crippen molar-refractivity contribution in [2.24, 2.45) is 5.73 Å².